The van der Waals surface area contributed by atoms with Gasteiger partial charge in [-0.3, -0.25) is 14.1 Å². The van der Waals surface area contributed by atoms with Crippen LogP contribution in [0.2, 0.25) is 0 Å². The Kier molecular flexibility index (Phi) is 5.55. The molecule has 1 N–H and O–H groups in total. The molecule has 0 aromatic rings. The first-order valence-electron chi connectivity index (χ1n) is 11.5. The van der Waals surface area contributed by atoms with Gasteiger partial charge in [-0.15, -0.1) is 0 Å². The van der Waals surface area contributed by atoms with Gasteiger partial charge in [0.2, 0.25) is 0 Å². The molecule has 3 saturated carbocycles. The smallest absolute Gasteiger partial charge is 0.462 e. The lowest BCUT2D eigenvalue weighted by Crippen LogP contribution is -2.48. The first kappa shape index (κ1) is 23.7. The lowest BCUT2D eigenvalue weighted by molar-refractivity contribution is -0.180. The Morgan fingerprint density at radius 2 is 2.00 bits per heavy atom. The van der Waals surface area contributed by atoms with Crippen molar-refractivity contribution >= 4 is 28.0 Å². The Balaban J connectivity index is 1.32. The number of fused-ring (bicyclic) bond motifs is 3. The topological polar surface area (TPSA) is 133 Å². The second kappa shape index (κ2) is 7.97. The zero-order valence-electron chi connectivity index (χ0n) is 18.4. The van der Waals surface area contributed by atoms with E-state index in [9.17, 15) is 31.6 Å². The number of halogens is 2. The summed E-state index contributed by atoms with van der Waals surface area (Å²) in [7, 11) is -6.06. The van der Waals surface area contributed by atoms with Crippen molar-refractivity contribution in [2.24, 2.45) is 35.5 Å². The van der Waals surface area contributed by atoms with E-state index in [1.165, 1.54) is 5.57 Å². The minimum Gasteiger partial charge on any atom is -0.462 e. The van der Waals surface area contributed by atoms with Gasteiger partial charge in [0, 0.05) is 17.8 Å². The highest BCUT2D eigenvalue weighted by Gasteiger charge is 2.71. The summed E-state index contributed by atoms with van der Waals surface area (Å²) in [5.41, 5.74) is 1.37. The van der Waals surface area contributed by atoms with E-state index >= 15 is 0 Å². The highest BCUT2D eigenvalue weighted by Crippen LogP contribution is 2.59. The molecule has 0 amide bonds. The van der Waals surface area contributed by atoms with E-state index in [0.29, 0.717) is 5.92 Å². The third kappa shape index (κ3) is 3.64. The van der Waals surface area contributed by atoms with Gasteiger partial charge < -0.3 is 14.2 Å². The van der Waals surface area contributed by atoms with Crippen molar-refractivity contribution in [2.45, 2.75) is 69.0 Å². The maximum atomic E-state index is 13.8. The van der Waals surface area contributed by atoms with E-state index in [1.54, 1.807) is 6.92 Å². The molecule has 1 aliphatic heterocycles. The molecule has 0 radical (unpaired) electrons. The molecule has 9 atom stereocenters. The van der Waals surface area contributed by atoms with Crippen molar-refractivity contribution in [1.29, 1.82) is 0 Å². The summed E-state index contributed by atoms with van der Waals surface area (Å²) in [5.74, 6) is -6.49. The molecule has 0 aromatic carbocycles. The molecule has 5 rings (SSSR count). The standard InChI is InChI=1S/C22H26F2O9S/c1-9(12-6-10-3-2-4-11(5-10)7-12)31-19(25)15-14-8-13-16(15)20(26)32-17(13)18(14)33-21(27)22(23,24)34(28,29)30/h6,9,11-18H,2-5,7-8H2,1H3,(H,28,29,30). The summed E-state index contributed by atoms with van der Waals surface area (Å²) in [6, 6.07) is 0. The van der Waals surface area contributed by atoms with Crippen molar-refractivity contribution in [2.75, 3.05) is 0 Å². The summed E-state index contributed by atoms with van der Waals surface area (Å²) in [5, 5.41) is -5.19. The first-order chi connectivity index (χ1) is 15.9. The summed E-state index contributed by atoms with van der Waals surface area (Å²) >= 11 is 0. The first-order valence-corrected chi connectivity index (χ1v) is 13.0. The van der Waals surface area contributed by atoms with E-state index in [1.807, 2.05) is 0 Å². The van der Waals surface area contributed by atoms with Crippen LogP contribution < -0.4 is 0 Å². The van der Waals surface area contributed by atoms with Gasteiger partial charge in [-0.05, 0) is 51.4 Å². The predicted molar refractivity (Wildman–Crippen MR) is 109 cm³/mol. The van der Waals surface area contributed by atoms with Crippen molar-refractivity contribution in [1.82, 2.24) is 0 Å². The Morgan fingerprint density at radius 1 is 1.26 bits per heavy atom. The van der Waals surface area contributed by atoms with Gasteiger partial charge in [0.1, 0.15) is 18.3 Å². The fourth-order valence-corrected chi connectivity index (χ4v) is 7.00. The Labute approximate surface area is 194 Å². The summed E-state index contributed by atoms with van der Waals surface area (Å²) in [6.45, 7) is 1.79. The number of alkyl halides is 2. The lowest BCUT2D eigenvalue weighted by Gasteiger charge is -2.36. The predicted octanol–water partition coefficient (Wildman–Crippen LogP) is 2.25. The Bertz CT molecular complexity index is 1050. The molecule has 4 fully saturated rings. The summed E-state index contributed by atoms with van der Waals surface area (Å²) in [4.78, 5) is 37.5. The Hall–Kier alpha value is -2.08. The molecular formula is C22H26F2O9S. The van der Waals surface area contributed by atoms with E-state index in [0.717, 1.165) is 32.1 Å². The number of esters is 3. The van der Waals surface area contributed by atoms with Crippen molar-refractivity contribution in [3.8, 4) is 0 Å². The number of rotatable bonds is 6. The van der Waals surface area contributed by atoms with Crippen LogP contribution in [0.1, 0.15) is 45.4 Å². The van der Waals surface area contributed by atoms with E-state index < -0.39 is 75.3 Å². The summed E-state index contributed by atoms with van der Waals surface area (Å²) < 4.78 is 73.7. The highest BCUT2D eigenvalue weighted by atomic mass is 32.2. The number of ether oxygens (including phenoxy) is 3. The Morgan fingerprint density at radius 3 is 2.68 bits per heavy atom. The van der Waals surface area contributed by atoms with Crippen LogP contribution in [-0.4, -0.2) is 54.4 Å². The van der Waals surface area contributed by atoms with Gasteiger partial charge >= 0.3 is 33.3 Å². The van der Waals surface area contributed by atoms with Crippen molar-refractivity contribution in [3.05, 3.63) is 11.6 Å². The molecule has 1 saturated heterocycles. The van der Waals surface area contributed by atoms with Gasteiger partial charge in [-0.25, -0.2) is 4.79 Å². The van der Waals surface area contributed by atoms with Crippen LogP contribution in [0.3, 0.4) is 0 Å². The largest absolute Gasteiger partial charge is 0.465 e. The monoisotopic (exact) mass is 504 g/mol. The number of carbonyl (C=O) groups is 3. The molecule has 188 valence electrons. The van der Waals surface area contributed by atoms with Gasteiger partial charge in [0.15, 0.2) is 0 Å². The van der Waals surface area contributed by atoms with Gasteiger partial charge in [-0.1, -0.05) is 11.6 Å². The van der Waals surface area contributed by atoms with Crippen LogP contribution in [0.25, 0.3) is 0 Å². The average Bonchev–Trinajstić information content (AvgIpc) is 3.36. The fraction of sp³-hybridized carbons (Fsp3) is 0.773. The molecule has 34 heavy (non-hydrogen) atoms. The molecule has 4 aliphatic carbocycles. The molecule has 12 heteroatoms. The SMILES string of the molecule is CC(OC(=O)C1C2CC3C(OC(=O)C31)C2OC(=O)C(F)(F)S(=O)(=O)O)C1C=C2CCCC(C2)C1. The van der Waals surface area contributed by atoms with Gasteiger partial charge in [0.05, 0.1) is 11.8 Å². The molecule has 9 nitrogen and oxygen atoms in total. The fourth-order valence-electron chi connectivity index (χ4n) is 6.74. The maximum Gasteiger partial charge on any atom is 0.465 e. The third-order valence-corrected chi connectivity index (χ3v) is 9.06. The molecule has 1 heterocycles. The second-order valence-corrected chi connectivity index (χ2v) is 11.7. The number of carbonyl (C=O) groups excluding carboxylic acids is 3. The van der Waals surface area contributed by atoms with E-state index in [4.69, 9.17) is 18.8 Å². The number of hydrogen-bond acceptors (Lipinski definition) is 8. The van der Waals surface area contributed by atoms with Crippen LogP contribution in [0, 0.1) is 35.5 Å². The third-order valence-electron chi connectivity index (χ3n) is 8.24. The quantitative estimate of drug-likeness (QED) is 0.250. The van der Waals surface area contributed by atoms with Crippen molar-refractivity contribution in [3.63, 3.8) is 0 Å². The molecule has 4 bridgehead atoms. The van der Waals surface area contributed by atoms with Gasteiger partial charge in [0.25, 0.3) is 0 Å². The van der Waals surface area contributed by atoms with Gasteiger partial charge in [-0.2, -0.15) is 17.2 Å². The zero-order chi connectivity index (χ0) is 24.6. The zero-order valence-corrected chi connectivity index (χ0v) is 19.2. The van der Waals surface area contributed by atoms with E-state index in [-0.39, 0.29) is 12.3 Å². The molecule has 0 aromatic heterocycles. The van der Waals surface area contributed by atoms with Crippen LogP contribution >= 0.6 is 0 Å². The van der Waals surface area contributed by atoms with Crippen LogP contribution in [0.4, 0.5) is 8.78 Å². The molecule has 9 unspecified atom stereocenters. The van der Waals surface area contributed by atoms with Crippen LogP contribution in [0.15, 0.2) is 11.6 Å². The van der Waals surface area contributed by atoms with Crippen molar-refractivity contribution < 1.29 is 50.3 Å². The van der Waals surface area contributed by atoms with Crippen LogP contribution in [-0.2, 0) is 38.7 Å². The molecular weight excluding hydrogens is 478 g/mol. The number of hydrogen-bond donors (Lipinski definition) is 1. The summed E-state index contributed by atoms with van der Waals surface area (Å²) in [6.07, 6.45) is 4.73. The lowest BCUT2D eigenvalue weighted by atomic mass is 9.73. The van der Waals surface area contributed by atoms with Crippen LogP contribution in [0.5, 0.6) is 0 Å². The minimum absolute atomic E-state index is 0.0435. The number of allylic oxidation sites excluding steroid dienone is 1. The molecule has 5 aliphatic rings. The highest BCUT2D eigenvalue weighted by molar-refractivity contribution is 7.87. The maximum absolute atomic E-state index is 13.8. The normalized spacial score (nSPS) is 39.3. The van der Waals surface area contributed by atoms with E-state index in [2.05, 4.69) is 6.08 Å². The minimum atomic E-state index is -6.06. The molecule has 0 spiro atoms. The second-order valence-electron chi connectivity index (χ2n) is 10.2. The average molecular weight is 505 g/mol.